The Balaban J connectivity index is 2.34. The second-order valence-electron chi connectivity index (χ2n) is 6.10. The van der Waals surface area contributed by atoms with Crippen LogP contribution in [0.1, 0.15) is 71.6 Å². The third kappa shape index (κ3) is 11.1. The SMILES string of the molecule is CCCCCCOCON(OCCCCCC)C(=O)OC1=C=CC=CC1. The Bertz CT molecular complexity index is 469. The van der Waals surface area contributed by atoms with Crippen molar-refractivity contribution in [2.24, 2.45) is 0 Å². The van der Waals surface area contributed by atoms with Crippen LogP contribution in [-0.4, -0.2) is 31.3 Å². The van der Waals surface area contributed by atoms with Crippen molar-refractivity contribution >= 4 is 6.09 Å². The fourth-order valence-electron chi connectivity index (χ4n) is 2.25. The minimum Gasteiger partial charge on any atom is -0.403 e. The minimum absolute atomic E-state index is 0.0506. The zero-order valence-corrected chi connectivity index (χ0v) is 16.2. The molecule has 0 aromatic carbocycles. The van der Waals surface area contributed by atoms with Crippen LogP contribution in [0.4, 0.5) is 4.79 Å². The number of amides is 1. The Kier molecular flexibility index (Phi) is 13.5. The first-order valence-electron chi connectivity index (χ1n) is 9.74. The largest absolute Gasteiger partial charge is 0.465 e. The molecule has 0 saturated heterocycles. The van der Waals surface area contributed by atoms with Gasteiger partial charge < -0.3 is 9.47 Å². The molecule has 6 heteroatoms. The van der Waals surface area contributed by atoms with E-state index in [0.717, 1.165) is 43.8 Å². The van der Waals surface area contributed by atoms with Crippen LogP contribution in [0.2, 0.25) is 0 Å². The summed E-state index contributed by atoms with van der Waals surface area (Å²) in [5.41, 5.74) is 2.88. The molecule has 0 radical (unpaired) electrons. The third-order valence-electron chi connectivity index (χ3n) is 3.74. The van der Waals surface area contributed by atoms with E-state index in [0.29, 0.717) is 25.4 Å². The summed E-state index contributed by atoms with van der Waals surface area (Å²) >= 11 is 0. The fraction of sp³-hybridized carbons (Fsp3) is 0.700. The molecule has 1 aliphatic rings. The lowest BCUT2D eigenvalue weighted by Gasteiger charge is -2.20. The van der Waals surface area contributed by atoms with Crippen molar-refractivity contribution in [2.45, 2.75) is 71.6 Å². The van der Waals surface area contributed by atoms with Crippen molar-refractivity contribution in [3.63, 3.8) is 0 Å². The van der Waals surface area contributed by atoms with E-state index in [1.54, 1.807) is 6.08 Å². The molecule has 0 bridgehead atoms. The molecular formula is C20H33NO5. The van der Waals surface area contributed by atoms with Crippen LogP contribution < -0.4 is 0 Å². The molecule has 0 aromatic rings. The Morgan fingerprint density at radius 2 is 1.77 bits per heavy atom. The molecule has 0 N–H and O–H groups in total. The van der Waals surface area contributed by atoms with Gasteiger partial charge in [0.1, 0.15) is 0 Å². The number of hydrogen-bond donors (Lipinski definition) is 0. The fourth-order valence-corrected chi connectivity index (χ4v) is 2.25. The quantitative estimate of drug-likeness (QED) is 0.167. The zero-order valence-electron chi connectivity index (χ0n) is 16.2. The van der Waals surface area contributed by atoms with Gasteiger partial charge in [-0.15, -0.1) is 0 Å². The van der Waals surface area contributed by atoms with Gasteiger partial charge in [-0.2, -0.15) is 0 Å². The lowest BCUT2D eigenvalue weighted by Crippen LogP contribution is -2.33. The van der Waals surface area contributed by atoms with Crippen molar-refractivity contribution in [2.75, 3.05) is 20.0 Å². The number of carbonyl (C=O) groups is 1. The van der Waals surface area contributed by atoms with Gasteiger partial charge in [0, 0.05) is 13.0 Å². The van der Waals surface area contributed by atoms with Gasteiger partial charge in [0.05, 0.1) is 6.61 Å². The minimum atomic E-state index is -0.721. The summed E-state index contributed by atoms with van der Waals surface area (Å²) in [6.45, 7) is 5.24. The Labute approximate surface area is 157 Å². The molecule has 0 aromatic heterocycles. The van der Waals surface area contributed by atoms with E-state index in [4.69, 9.17) is 19.1 Å². The van der Waals surface area contributed by atoms with Gasteiger partial charge in [0.15, 0.2) is 12.6 Å². The van der Waals surface area contributed by atoms with Crippen molar-refractivity contribution < 1.29 is 23.9 Å². The highest BCUT2D eigenvalue weighted by atomic mass is 17.0. The monoisotopic (exact) mass is 367 g/mol. The molecule has 148 valence electrons. The molecule has 1 rings (SSSR count). The lowest BCUT2D eigenvalue weighted by molar-refractivity contribution is -0.361. The Hall–Kier alpha value is -1.59. The van der Waals surface area contributed by atoms with Gasteiger partial charge in [-0.25, -0.2) is 14.5 Å². The van der Waals surface area contributed by atoms with Gasteiger partial charge in [0.2, 0.25) is 0 Å². The van der Waals surface area contributed by atoms with E-state index in [-0.39, 0.29) is 6.79 Å². The van der Waals surface area contributed by atoms with E-state index >= 15 is 0 Å². The molecule has 0 aliphatic heterocycles. The van der Waals surface area contributed by atoms with Crippen LogP contribution >= 0.6 is 0 Å². The predicted octanol–water partition coefficient (Wildman–Crippen LogP) is 5.42. The van der Waals surface area contributed by atoms with E-state index < -0.39 is 6.09 Å². The molecule has 0 heterocycles. The molecule has 0 spiro atoms. The first-order chi connectivity index (χ1) is 12.8. The maximum atomic E-state index is 12.2. The predicted molar refractivity (Wildman–Crippen MR) is 99.8 cm³/mol. The first-order valence-corrected chi connectivity index (χ1v) is 9.74. The number of rotatable bonds is 15. The molecule has 0 saturated carbocycles. The van der Waals surface area contributed by atoms with Crippen LogP contribution in [0.15, 0.2) is 29.7 Å². The summed E-state index contributed by atoms with van der Waals surface area (Å²) in [7, 11) is 0. The van der Waals surface area contributed by atoms with Gasteiger partial charge in [0.25, 0.3) is 0 Å². The second kappa shape index (κ2) is 15.6. The van der Waals surface area contributed by atoms with Crippen LogP contribution in [0, 0.1) is 0 Å². The lowest BCUT2D eigenvalue weighted by atomic mass is 10.2. The maximum Gasteiger partial charge on any atom is 0.465 e. The second-order valence-corrected chi connectivity index (χ2v) is 6.10. The van der Waals surface area contributed by atoms with Gasteiger partial charge in [-0.1, -0.05) is 70.3 Å². The van der Waals surface area contributed by atoms with Crippen LogP contribution in [0.25, 0.3) is 0 Å². The summed E-state index contributed by atoms with van der Waals surface area (Å²) in [5.74, 6) is 0.432. The highest BCUT2D eigenvalue weighted by Crippen LogP contribution is 2.11. The molecule has 26 heavy (non-hydrogen) atoms. The van der Waals surface area contributed by atoms with Crippen LogP contribution in [-0.2, 0) is 19.1 Å². The van der Waals surface area contributed by atoms with Crippen molar-refractivity contribution in [3.8, 4) is 0 Å². The molecule has 6 nitrogen and oxygen atoms in total. The summed E-state index contributed by atoms with van der Waals surface area (Å²) in [6, 6.07) is 0. The average Bonchev–Trinajstić information content (AvgIpc) is 2.66. The van der Waals surface area contributed by atoms with E-state index in [1.807, 2.05) is 12.2 Å². The average molecular weight is 367 g/mol. The number of carbonyl (C=O) groups excluding carboxylic acids is 1. The number of ether oxygens (including phenoxy) is 2. The number of unbranched alkanes of at least 4 members (excludes halogenated alkanes) is 6. The van der Waals surface area contributed by atoms with Crippen LogP contribution in [0.3, 0.4) is 0 Å². The van der Waals surface area contributed by atoms with Crippen molar-refractivity contribution in [1.82, 2.24) is 5.23 Å². The molecule has 0 unspecified atom stereocenters. The topological polar surface area (TPSA) is 57.2 Å². The standard InChI is InChI=1S/C20H33NO5/c1-3-5-7-12-16-23-18-25-21(24-17-13-8-6-4-2)20(22)26-19-14-10-9-11-15-19/h9-11H,3-8,12-14,16-18H2,1-2H3. The van der Waals surface area contributed by atoms with E-state index in [2.05, 4.69) is 19.6 Å². The van der Waals surface area contributed by atoms with Gasteiger partial charge >= 0.3 is 6.09 Å². The van der Waals surface area contributed by atoms with Crippen LogP contribution in [0.5, 0.6) is 0 Å². The normalized spacial score (nSPS) is 12.9. The van der Waals surface area contributed by atoms with Gasteiger partial charge in [-0.05, 0) is 24.1 Å². The van der Waals surface area contributed by atoms with Crippen molar-refractivity contribution in [3.05, 3.63) is 29.7 Å². The number of nitrogens with zero attached hydrogens (tertiary/aromatic N) is 1. The summed E-state index contributed by atoms with van der Waals surface area (Å²) in [4.78, 5) is 23.0. The highest BCUT2D eigenvalue weighted by Gasteiger charge is 2.19. The smallest absolute Gasteiger partial charge is 0.403 e. The third-order valence-corrected chi connectivity index (χ3v) is 3.74. The first kappa shape index (κ1) is 22.5. The summed E-state index contributed by atoms with van der Waals surface area (Å²) in [6.07, 6.45) is 13.9. The Morgan fingerprint density at radius 3 is 2.42 bits per heavy atom. The molecule has 0 atom stereocenters. The maximum absolute atomic E-state index is 12.2. The number of hydrogen-bond acceptors (Lipinski definition) is 5. The summed E-state index contributed by atoms with van der Waals surface area (Å²) < 4.78 is 10.7. The van der Waals surface area contributed by atoms with E-state index in [1.165, 1.54) is 12.8 Å². The Morgan fingerprint density at radius 1 is 1.04 bits per heavy atom. The zero-order chi connectivity index (χ0) is 18.9. The van der Waals surface area contributed by atoms with E-state index in [9.17, 15) is 4.79 Å². The number of allylic oxidation sites excluding steroid dienone is 2. The van der Waals surface area contributed by atoms with Gasteiger partial charge in [-0.3, -0.25) is 0 Å². The van der Waals surface area contributed by atoms with Crippen molar-refractivity contribution in [1.29, 1.82) is 0 Å². The molecular weight excluding hydrogens is 334 g/mol. The molecule has 1 amide bonds. The molecule has 1 aliphatic carbocycles. The molecule has 0 fully saturated rings. The summed E-state index contributed by atoms with van der Waals surface area (Å²) in [5, 5.41) is 0.783. The highest BCUT2D eigenvalue weighted by molar-refractivity contribution is 5.66. The number of hydroxylamine groups is 2.